The van der Waals surface area contributed by atoms with Crippen LogP contribution in [0.5, 0.6) is 0 Å². The second-order valence-electron chi connectivity index (χ2n) is 6.05. The lowest BCUT2D eigenvalue weighted by atomic mass is 9.86. The molecular weight excluding hydrogens is 333 g/mol. The molecule has 0 N–H and O–H groups in total. The van der Waals surface area contributed by atoms with E-state index in [9.17, 15) is 9.18 Å². The van der Waals surface area contributed by atoms with E-state index in [-0.39, 0.29) is 18.0 Å². The second-order valence-corrected chi connectivity index (χ2v) is 6.97. The van der Waals surface area contributed by atoms with Crippen LogP contribution in [0.3, 0.4) is 0 Å². The van der Waals surface area contributed by atoms with Crippen molar-refractivity contribution in [2.75, 3.05) is 13.1 Å². The summed E-state index contributed by atoms with van der Waals surface area (Å²) in [6.07, 6.45) is 4.66. The van der Waals surface area contributed by atoms with Gasteiger partial charge >= 0.3 is 0 Å². The second kappa shape index (κ2) is 7.01. The zero-order valence-electron chi connectivity index (χ0n) is 12.8. The first-order valence-corrected chi connectivity index (χ1v) is 8.48. The molecule has 1 unspecified atom stereocenters. The summed E-state index contributed by atoms with van der Waals surface area (Å²) in [5.74, 6) is -0.118. The van der Waals surface area contributed by atoms with Gasteiger partial charge in [0.2, 0.25) is 0 Å². The third-order valence-electron chi connectivity index (χ3n) is 4.63. The molecule has 2 nitrogen and oxygen atoms in total. The third kappa shape index (κ3) is 3.92. The van der Waals surface area contributed by atoms with Crippen molar-refractivity contribution in [1.82, 2.24) is 4.90 Å². The highest BCUT2D eigenvalue weighted by molar-refractivity contribution is 9.10. The molecule has 0 aliphatic carbocycles. The van der Waals surface area contributed by atoms with E-state index in [0.29, 0.717) is 4.47 Å². The quantitative estimate of drug-likeness (QED) is 0.782. The minimum atomic E-state index is -0.431. The Morgan fingerprint density at radius 1 is 1.29 bits per heavy atom. The summed E-state index contributed by atoms with van der Waals surface area (Å²) in [6, 6.07) is 4.69. The van der Waals surface area contributed by atoms with Crippen LogP contribution in [0.15, 0.2) is 22.7 Å². The van der Waals surface area contributed by atoms with Gasteiger partial charge in [-0.05, 0) is 63.0 Å². The van der Waals surface area contributed by atoms with Crippen LogP contribution in [0.25, 0.3) is 0 Å². The Balaban J connectivity index is 2.15. The SMILES string of the molecule is CCC(C)(C(=O)Cc1cc(F)cc(Br)c1)N1CCCCC1. The Kier molecular flexibility index (Phi) is 5.55. The molecule has 1 heterocycles. The molecule has 1 fully saturated rings. The van der Waals surface area contributed by atoms with Crippen LogP contribution in [0.1, 0.15) is 45.1 Å². The molecule has 1 aromatic rings. The Morgan fingerprint density at radius 3 is 2.52 bits per heavy atom. The van der Waals surface area contributed by atoms with Crippen LogP contribution >= 0.6 is 15.9 Å². The summed E-state index contributed by atoms with van der Waals surface area (Å²) >= 11 is 3.29. The van der Waals surface area contributed by atoms with Crippen LogP contribution in [0, 0.1) is 5.82 Å². The van der Waals surface area contributed by atoms with Crippen molar-refractivity contribution < 1.29 is 9.18 Å². The molecule has 0 saturated carbocycles. The van der Waals surface area contributed by atoms with E-state index in [1.165, 1.54) is 18.6 Å². The normalized spacial score (nSPS) is 19.2. The van der Waals surface area contributed by atoms with Gasteiger partial charge in [0.05, 0.1) is 5.54 Å². The van der Waals surface area contributed by atoms with Gasteiger partial charge in [-0.25, -0.2) is 4.39 Å². The number of ketones is 1. The highest BCUT2D eigenvalue weighted by Gasteiger charge is 2.37. The summed E-state index contributed by atoms with van der Waals surface area (Å²) in [5, 5.41) is 0. The summed E-state index contributed by atoms with van der Waals surface area (Å²) in [5.41, 5.74) is 0.308. The van der Waals surface area contributed by atoms with Gasteiger partial charge in [-0.3, -0.25) is 9.69 Å². The fourth-order valence-electron chi connectivity index (χ4n) is 3.07. The van der Waals surface area contributed by atoms with Gasteiger partial charge in [-0.2, -0.15) is 0 Å². The zero-order valence-corrected chi connectivity index (χ0v) is 14.4. The number of benzene rings is 1. The highest BCUT2D eigenvalue weighted by Crippen LogP contribution is 2.27. The van der Waals surface area contributed by atoms with Crippen molar-refractivity contribution in [2.24, 2.45) is 0 Å². The van der Waals surface area contributed by atoms with Gasteiger partial charge in [0.15, 0.2) is 5.78 Å². The summed E-state index contributed by atoms with van der Waals surface area (Å²) in [7, 11) is 0. The third-order valence-corrected chi connectivity index (χ3v) is 5.09. The molecule has 0 aromatic heterocycles. The predicted octanol–water partition coefficient (Wildman–Crippen LogP) is 4.35. The number of hydrogen-bond acceptors (Lipinski definition) is 2. The van der Waals surface area contributed by atoms with Crippen LogP contribution < -0.4 is 0 Å². The number of hydrogen-bond donors (Lipinski definition) is 0. The maximum absolute atomic E-state index is 13.5. The first-order valence-electron chi connectivity index (χ1n) is 7.69. The van der Waals surface area contributed by atoms with Crippen molar-refractivity contribution in [3.63, 3.8) is 0 Å². The number of carbonyl (C=O) groups is 1. The van der Waals surface area contributed by atoms with Gasteiger partial charge in [0.1, 0.15) is 5.82 Å². The molecule has 4 heteroatoms. The van der Waals surface area contributed by atoms with E-state index in [1.54, 1.807) is 0 Å². The molecule has 0 bridgehead atoms. The van der Waals surface area contributed by atoms with Crippen LogP contribution in [0.2, 0.25) is 0 Å². The molecular formula is C17H23BrFNO. The number of Topliss-reactive ketones (excluding diaryl/α,β-unsaturated/α-hetero) is 1. The largest absolute Gasteiger partial charge is 0.297 e. The van der Waals surface area contributed by atoms with Crippen molar-refractivity contribution in [1.29, 1.82) is 0 Å². The zero-order chi connectivity index (χ0) is 15.5. The number of piperidine rings is 1. The molecule has 0 spiro atoms. The molecule has 0 radical (unpaired) electrons. The Labute approximate surface area is 134 Å². The van der Waals surface area contributed by atoms with Crippen LogP contribution in [0.4, 0.5) is 4.39 Å². The van der Waals surface area contributed by atoms with Crippen molar-refractivity contribution in [3.05, 3.63) is 34.1 Å². The van der Waals surface area contributed by atoms with Crippen LogP contribution in [-0.2, 0) is 11.2 Å². The minimum Gasteiger partial charge on any atom is -0.297 e. The van der Waals surface area contributed by atoms with E-state index in [2.05, 4.69) is 27.8 Å². The fraction of sp³-hybridized carbons (Fsp3) is 0.588. The van der Waals surface area contributed by atoms with Crippen molar-refractivity contribution in [2.45, 2.75) is 51.5 Å². The maximum Gasteiger partial charge on any atom is 0.157 e. The van der Waals surface area contributed by atoms with Crippen molar-refractivity contribution in [3.8, 4) is 0 Å². The van der Waals surface area contributed by atoms with Gasteiger partial charge in [0.25, 0.3) is 0 Å². The number of halogens is 2. The standard InChI is InChI=1S/C17H23BrFNO/c1-3-17(2,20-7-5-4-6-8-20)16(21)11-13-9-14(18)12-15(19)10-13/h9-10,12H,3-8,11H2,1-2H3. The molecule has 1 aliphatic heterocycles. The van der Waals surface area contributed by atoms with Gasteiger partial charge < -0.3 is 0 Å². The molecule has 1 aromatic carbocycles. The average molecular weight is 356 g/mol. The molecule has 1 aliphatic rings. The predicted molar refractivity (Wildman–Crippen MR) is 86.9 cm³/mol. The molecule has 1 saturated heterocycles. The summed E-state index contributed by atoms with van der Waals surface area (Å²) in [6.45, 7) is 6.08. The van der Waals surface area contributed by atoms with Gasteiger partial charge in [-0.1, -0.05) is 29.3 Å². The van der Waals surface area contributed by atoms with Crippen LogP contribution in [-0.4, -0.2) is 29.3 Å². The first-order chi connectivity index (χ1) is 9.95. The minimum absolute atomic E-state index is 0.185. The summed E-state index contributed by atoms with van der Waals surface area (Å²) < 4.78 is 14.1. The highest BCUT2D eigenvalue weighted by atomic mass is 79.9. The molecule has 116 valence electrons. The molecule has 21 heavy (non-hydrogen) atoms. The lowest BCUT2D eigenvalue weighted by molar-refractivity contribution is -0.130. The van der Waals surface area contributed by atoms with E-state index < -0.39 is 5.54 Å². The van der Waals surface area contributed by atoms with Crippen molar-refractivity contribution >= 4 is 21.7 Å². The molecule has 2 rings (SSSR count). The van der Waals surface area contributed by atoms with Gasteiger partial charge in [-0.15, -0.1) is 0 Å². The maximum atomic E-state index is 13.5. The fourth-order valence-corrected chi connectivity index (χ4v) is 3.59. The summed E-state index contributed by atoms with van der Waals surface area (Å²) in [4.78, 5) is 15.1. The average Bonchev–Trinajstić information content (AvgIpc) is 2.46. The lowest BCUT2D eigenvalue weighted by Gasteiger charge is -2.42. The van der Waals surface area contributed by atoms with Gasteiger partial charge in [0, 0.05) is 10.9 Å². The molecule has 1 atom stereocenters. The Morgan fingerprint density at radius 2 is 1.95 bits per heavy atom. The van der Waals surface area contributed by atoms with E-state index >= 15 is 0 Å². The van der Waals surface area contributed by atoms with E-state index in [4.69, 9.17) is 0 Å². The number of nitrogens with zero attached hydrogens (tertiary/aromatic N) is 1. The smallest absolute Gasteiger partial charge is 0.157 e. The lowest BCUT2D eigenvalue weighted by Crippen LogP contribution is -2.54. The number of rotatable bonds is 5. The topological polar surface area (TPSA) is 20.3 Å². The van der Waals surface area contributed by atoms with E-state index in [0.717, 1.165) is 37.9 Å². The first kappa shape index (κ1) is 16.6. The Bertz CT molecular complexity index is 493. The Hall–Kier alpha value is -0.740. The number of carbonyl (C=O) groups excluding carboxylic acids is 1. The van der Waals surface area contributed by atoms with E-state index in [1.807, 2.05) is 13.0 Å². The molecule has 0 amide bonds. The monoisotopic (exact) mass is 355 g/mol. The number of likely N-dealkylation sites (tertiary alicyclic amines) is 1.